The van der Waals surface area contributed by atoms with Crippen LogP contribution in [-0.2, 0) is 0 Å². The van der Waals surface area contributed by atoms with Gasteiger partial charge in [0.05, 0.1) is 0 Å². The molecule has 0 aromatic carbocycles. The lowest BCUT2D eigenvalue weighted by atomic mass is 10.3. The molecule has 0 unspecified atom stereocenters. The van der Waals surface area contributed by atoms with E-state index in [1.165, 1.54) is 12.3 Å². The second-order valence-corrected chi connectivity index (χ2v) is 2.89. The molecule has 0 N–H and O–H groups in total. The van der Waals surface area contributed by atoms with Gasteiger partial charge in [-0.2, -0.15) is 8.78 Å². The Hall–Kier alpha value is -0.640. The van der Waals surface area contributed by atoms with E-state index in [9.17, 15) is 8.78 Å². The summed E-state index contributed by atoms with van der Waals surface area (Å²) in [7, 11) is 0. The van der Waals surface area contributed by atoms with Gasteiger partial charge in [-0.15, -0.1) is 0 Å². The quantitative estimate of drug-likeness (QED) is 0.639. The molecule has 1 radical (unpaired) electrons. The van der Waals surface area contributed by atoms with Crippen LogP contribution in [0.3, 0.4) is 0 Å². The van der Waals surface area contributed by atoms with Crippen LogP contribution in [0.1, 0.15) is 5.56 Å². The summed E-state index contributed by atoms with van der Waals surface area (Å²) in [6.45, 7) is 3.58. The highest BCUT2D eigenvalue weighted by molar-refractivity contribution is 7.99. The molecule has 0 bridgehead atoms. The SMILES string of the molecule is [CH2]c1ccc(SC(F)F)nc1. The van der Waals surface area contributed by atoms with E-state index in [1.54, 1.807) is 6.07 Å². The Morgan fingerprint density at radius 3 is 2.64 bits per heavy atom. The second-order valence-electron chi connectivity index (χ2n) is 1.88. The maximum absolute atomic E-state index is 11.7. The van der Waals surface area contributed by atoms with Crippen molar-refractivity contribution in [2.75, 3.05) is 0 Å². The van der Waals surface area contributed by atoms with Crippen LogP contribution < -0.4 is 0 Å². The average molecular weight is 174 g/mol. The molecule has 1 rings (SSSR count). The van der Waals surface area contributed by atoms with E-state index < -0.39 is 5.76 Å². The van der Waals surface area contributed by atoms with Crippen molar-refractivity contribution in [2.45, 2.75) is 10.8 Å². The lowest BCUT2D eigenvalue weighted by Crippen LogP contribution is -1.85. The molecular formula is C7H6F2NS. The summed E-state index contributed by atoms with van der Waals surface area (Å²) in [5, 5.41) is 0.326. The van der Waals surface area contributed by atoms with Gasteiger partial charge in [-0.05, 0) is 30.3 Å². The van der Waals surface area contributed by atoms with Crippen molar-refractivity contribution in [3.8, 4) is 0 Å². The van der Waals surface area contributed by atoms with E-state index in [1.807, 2.05) is 0 Å². The summed E-state index contributed by atoms with van der Waals surface area (Å²) in [5.74, 6) is -2.40. The predicted molar refractivity (Wildman–Crippen MR) is 40.6 cm³/mol. The number of aromatic nitrogens is 1. The Labute approximate surface area is 67.8 Å². The largest absolute Gasteiger partial charge is 0.290 e. The van der Waals surface area contributed by atoms with E-state index in [-0.39, 0.29) is 0 Å². The number of hydrogen-bond donors (Lipinski definition) is 0. The van der Waals surface area contributed by atoms with E-state index in [0.29, 0.717) is 16.8 Å². The summed E-state index contributed by atoms with van der Waals surface area (Å²) in [4.78, 5) is 3.74. The number of pyridine rings is 1. The molecule has 0 atom stereocenters. The van der Waals surface area contributed by atoms with Gasteiger partial charge in [-0.1, -0.05) is 6.07 Å². The molecule has 0 fully saturated rings. The molecule has 0 aliphatic heterocycles. The van der Waals surface area contributed by atoms with Crippen molar-refractivity contribution in [2.24, 2.45) is 0 Å². The highest BCUT2D eigenvalue weighted by Gasteiger charge is 2.04. The molecule has 0 aliphatic rings. The van der Waals surface area contributed by atoms with E-state index >= 15 is 0 Å². The fourth-order valence-electron chi connectivity index (χ4n) is 0.572. The van der Waals surface area contributed by atoms with Crippen LogP contribution in [0.25, 0.3) is 0 Å². The van der Waals surface area contributed by atoms with E-state index in [2.05, 4.69) is 11.9 Å². The number of hydrogen-bond acceptors (Lipinski definition) is 2. The van der Waals surface area contributed by atoms with Gasteiger partial charge in [0.1, 0.15) is 5.03 Å². The molecule has 0 spiro atoms. The number of halogens is 2. The smallest absolute Gasteiger partial charge is 0.249 e. The maximum Gasteiger partial charge on any atom is 0.290 e. The highest BCUT2D eigenvalue weighted by Crippen LogP contribution is 2.22. The van der Waals surface area contributed by atoms with Crippen LogP contribution >= 0.6 is 11.8 Å². The van der Waals surface area contributed by atoms with Crippen LogP contribution in [0.2, 0.25) is 0 Å². The fraction of sp³-hybridized carbons (Fsp3) is 0.143. The predicted octanol–water partition coefficient (Wildman–Crippen LogP) is 2.58. The van der Waals surface area contributed by atoms with Crippen LogP contribution in [0.4, 0.5) is 8.78 Å². The highest BCUT2D eigenvalue weighted by atomic mass is 32.2. The topological polar surface area (TPSA) is 12.9 Å². The molecule has 1 heterocycles. The molecule has 0 saturated heterocycles. The molecule has 1 nitrogen and oxygen atoms in total. The van der Waals surface area contributed by atoms with Crippen LogP contribution in [-0.4, -0.2) is 10.7 Å². The summed E-state index contributed by atoms with van der Waals surface area (Å²) in [6.07, 6.45) is 1.46. The summed E-state index contributed by atoms with van der Waals surface area (Å²) in [5.41, 5.74) is 0.726. The minimum absolute atomic E-state index is 0.326. The van der Waals surface area contributed by atoms with E-state index in [4.69, 9.17) is 0 Å². The lowest BCUT2D eigenvalue weighted by molar-refractivity contribution is 0.252. The van der Waals surface area contributed by atoms with Gasteiger partial charge in [0, 0.05) is 6.20 Å². The normalized spacial score (nSPS) is 10.5. The van der Waals surface area contributed by atoms with Crippen molar-refractivity contribution in [3.63, 3.8) is 0 Å². The number of rotatable bonds is 2. The number of thioether (sulfide) groups is 1. The summed E-state index contributed by atoms with van der Waals surface area (Å²) < 4.78 is 23.5. The Kier molecular flexibility index (Phi) is 2.82. The van der Waals surface area contributed by atoms with Crippen molar-refractivity contribution >= 4 is 11.8 Å². The first-order chi connectivity index (χ1) is 5.18. The maximum atomic E-state index is 11.7. The molecule has 4 heteroatoms. The third-order valence-corrected chi connectivity index (χ3v) is 1.67. The number of nitrogens with zero attached hydrogens (tertiary/aromatic N) is 1. The third-order valence-electron chi connectivity index (χ3n) is 1.01. The molecule has 0 amide bonds. The zero-order valence-electron chi connectivity index (χ0n) is 5.63. The van der Waals surface area contributed by atoms with Gasteiger partial charge in [0.2, 0.25) is 0 Å². The van der Waals surface area contributed by atoms with Crippen LogP contribution in [0.15, 0.2) is 23.4 Å². The lowest BCUT2D eigenvalue weighted by Gasteiger charge is -1.97. The first-order valence-electron chi connectivity index (χ1n) is 2.91. The molecule has 0 saturated carbocycles. The van der Waals surface area contributed by atoms with Gasteiger partial charge < -0.3 is 0 Å². The van der Waals surface area contributed by atoms with Crippen molar-refractivity contribution in [1.82, 2.24) is 4.98 Å². The molecule has 1 aromatic heterocycles. The van der Waals surface area contributed by atoms with E-state index in [0.717, 1.165) is 5.56 Å². The average Bonchev–Trinajstić information content (AvgIpc) is 1.93. The minimum atomic E-state index is -2.40. The van der Waals surface area contributed by atoms with Crippen LogP contribution in [0.5, 0.6) is 0 Å². The molecule has 59 valence electrons. The third kappa shape index (κ3) is 2.84. The van der Waals surface area contributed by atoms with Crippen LogP contribution in [0, 0.1) is 6.92 Å². The standard InChI is InChI=1S/C7H6F2NS/c1-5-2-3-6(10-4-5)11-7(8)9/h2-4,7H,1H2. The Bertz CT molecular complexity index is 222. The van der Waals surface area contributed by atoms with Crippen molar-refractivity contribution < 1.29 is 8.78 Å². The van der Waals surface area contributed by atoms with Crippen molar-refractivity contribution in [1.29, 1.82) is 0 Å². The monoisotopic (exact) mass is 174 g/mol. The fourth-order valence-corrected chi connectivity index (χ4v) is 1.01. The molecule has 0 aliphatic carbocycles. The Morgan fingerprint density at radius 2 is 2.18 bits per heavy atom. The van der Waals surface area contributed by atoms with Gasteiger partial charge in [-0.3, -0.25) is 0 Å². The van der Waals surface area contributed by atoms with Gasteiger partial charge in [-0.25, -0.2) is 4.98 Å². The molecular weight excluding hydrogens is 168 g/mol. The molecule has 11 heavy (non-hydrogen) atoms. The second kappa shape index (κ2) is 3.67. The Balaban J connectivity index is 2.66. The summed E-state index contributed by atoms with van der Waals surface area (Å²) in [6, 6.07) is 3.18. The number of alkyl halides is 2. The Morgan fingerprint density at radius 1 is 1.45 bits per heavy atom. The minimum Gasteiger partial charge on any atom is -0.249 e. The zero-order valence-corrected chi connectivity index (χ0v) is 6.44. The zero-order chi connectivity index (χ0) is 8.27. The first-order valence-corrected chi connectivity index (χ1v) is 3.79. The van der Waals surface area contributed by atoms with Gasteiger partial charge in [0.25, 0.3) is 5.76 Å². The van der Waals surface area contributed by atoms with Gasteiger partial charge in [0.15, 0.2) is 0 Å². The molecule has 1 aromatic rings. The summed E-state index contributed by atoms with van der Waals surface area (Å²) >= 11 is 0.435. The van der Waals surface area contributed by atoms with Crippen molar-refractivity contribution in [3.05, 3.63) is 30.8 Å². The first kappa shape index (κ1) is 8.46. The van der Waals surface area contributed by atoms with Gasteiger partial charge >= 0.3 is 0 Å².